The highest BCUT2D eigenvalue weighted by Gasteiger charge is 2.43. The summed E-state index contributed by atoms with van der Waals surface area (Å²) in [5.41, 5.74) is 1.70. The fourth-order valence-corrected chi connectivity index (χ4v) is 2.57. The van der Waals surface area contributed by atoms with Crippen LogP contribution in [0.4, 0.5) is 0 Å². The molecule has 1 heterocycles. The van der Waals surface area contributed by atoms with Crippen molar-refractivity contribution in [3.63, 3.8) is 0 Å². The highest BCUT2D eigenvalue weighted by molar-refractivity contribution is 14.0. The number of benzene rings is 1. The molecular formula is C17H22IN3O. The van der Waals surface area contributed by atoms with Gasteiger partial charge in [0.2, 0.25) is 0 Å². The molecule has 3 rings (SSSR count). The number of nitrogens with zero attached hydrogens (tertiary/aromatic N) is 1. The van der Waals surface area contributed by atoms with Crippen molar-refractivity contribution in [1.82, 2.24) is 10.6 Å². The molecule has 2 N–H and O–H groups in total. The molecule has 1 fully saturated rings. The summed E-state index contributed by atoms with van der Waals surface area (Å²) in [6.07, 6.45) is 4.15. The Balaban J connectivity index is 0.00000176. The Morgan fingerprint density at radius 3 is 2.50 bits per heavy atom. The summed E-state index contributed by atoms with van der Waals surface area (Å²) in [6.45, 7) is 1.56. The molecule has 5 heteroatoms. The Kier molecular flexibility index (Phi) is 5.88. The van der Waals surface area contributed by atoms with Crippen molar-refractivity contribution in [2.45, 2.75) is 24.8 Å². The third-order valence-electron chi connectivity index (χ3n) is 4.07. The molecule has 0 saturated heterocycles. The minimum Gasteiger partial charge on any atom is -0.467 e. The summed E-state index contributed by atoms with van der Waals surface area (Å²) in [5, 5.41) is 6.70. The lowest BCUT2D eigenvalue weighted by Crippen LogP contribution is -2.40. The first kappa shape index (κ1) is 16.9. The van der Waals surface area contributed by atoms with E-state index in [4.69, 9.17) is 4.42 Å². The van der Waals surface area contributed by atoms with Gasteiger partial charge in [-0.05, 0) is 30.5 Å². The third-order valence-corrected chi connectivity index (χ3v) is 4.07. The van der Waals surface area contributed by atoms with Crippen LogP contribution in [-0.4, -0.2) is 19.6 Å². The average molecular weight is 411 g/mol. The number of hydrogen-bond donors (Lipinski definition) is 2. The summed E-state index contributed by atoms with van der Waals surface area (Å²) in [5.74, 6) is 1.72. The lowest BCUT2D eigenvalue weighted by Gasteiger charge is -2.18. The van der Waals surface area contributed by atoms with Crippen molar-refractivity contribution >= 4 is 29.9 Å². The van der Waals surface area contributed by atoms with Crippen molar-refractivity contribution in [3.05, 3.63) is 60.1 Å². The van der Waals surface area contributed by atoms with Crippen molar-refractivity contribution in [2.24, 2.45) is 4.99 Å². The maximum atomic E-state index is 5.31. The van der Waals surface area contributed by atoms with Crippen LogP contribution >= 0.6 is 24.0 Å². The van der Waals surface area contributed by atoms with Gasteiger partial charge in [-0.15, -0.1) is 24.0 Å². The molecule has 1 aliphatic carbocycles. The number of halogens is 1. The first-order chi connectivity index (χ1) is 10.3. The van der Waals surface area contributed by atoms with Crippen LogP contribution in [0.1, 0.15) is 24.2 Å². The SMILES string of the molecule is CN=C(NCc1ccco1)NCC1(c2ccccc2)CC1.I. The predicted octanol–water partition coefficient (Wildman–Crippen LogP) is 3.29. The van der Waals surface area contributed by atoms with Crippen LogP contribution in [0.25, 0.3) is 0 Å². The number of hydrogen-bond acceptors (Lipinski definition) is 2. The summed E-state index contributed by atoms with van der Waals surface area (Å²) in [6, 6.07) is 14.6. The van der Waals surface area contributed by atoms with Crippen LogP contribution in [-0.2, 0) is 12.0 Å². The van der Waals surface area contributed by atoms with Gasteiger partial charge in [0.25, 0.3) is 0 Å². The highest BCUT2D eigenvalue weighted by Crippen LogP contribution is 2.47. The lowest BCUT2D eigenvalue weighted by atomic mass is 9.96. The molecule has 1 aromatic carbocycles. The van der Waals surface area contributed by atoms with Gasteiger partial charge >= 0.3 is 0 Å². The molecular weight excluding hydrogens is 389 g/mol. The molecule has 0 bridgehead atoms. The van der Waals surface area contributed by atoms with Gasteiger partial charge in [-0.3, -0.25) is 4.99 Å². The molecule has 0 unspecified atom stereocenters. The quantitative estimate of drug-likeness (QED) is 0.451. The van der Waals surface area contributed by atoms with E-state index < -0.39 is 0 Å². The summed E-state index contributed by atoms with van der Waals surface area (Å²) in [7, 11) is 1.79. The van der Waals surface area contributed by atoms with E-state index in [-0.39, 0.29) is 29.4 Å². The van der Waals surface area contributed by atoms with Crippen LogP contribution < -0.4 is 10.6 Å². The van der Waals surface area contributed by atoms with Crippen LogP contribution in [0, 0.1) is 0 Å². The fraction of sp³-hybridized carbons (Fsp3) is 0.353. The maximum Gasteiger partial charge on any atom is 0.191 e. The van der Waals surface area contributed by atoms with Crippen molar-refractivity contribution in [1.29, 1.82) is 0 Å². The summed E-state index contributed by atoms with van der Waals surface area (Å²) in [4.78, 5) is 4.26. The van der Waals surface area contributed by atoms with Crippen LogP contribution in [0.5, 0.6) is 0 Å². The topological polar surface area (TPSA) is 49.6 Å². The van der Waals surface area contributed by atoms with Gasteiger partial charge < -0.3 is 15.1 Å². The molecule has 4 nitrogen and oxygen atoms in total. The Morgan fingerprint density at radius 1 is 1.14 bits per heavy atom. The third kappa shape index (κ3) is 4.03. The van der Waals surface area contributed by atoms with Crippen LogP contribution in [0.3, 0.4) is 0 Å². The number of aliphatic imine (C=N–C) groups is 1. The minimum absolute atomic E-state index is 0. The zero-order valence-corrected chi connectivity index (χ0v) is 15.0. The van der Waals surface area contributed by atoms with Gasteiger partial charge in [0.05, 0.1) is 12.8 Å². The van der Waals surface area contributed by atoms with E-state index >= 15 is 0 Å². The molecule has 1 saturated carbocycles. The van der Waals surface area contributed by atoms with E-state index in [1.165, 1.54) is 18.4 Å². The molecule has 2 aromatic rings. The van der Waals surface area contributed by atoms with Crippen LogP contribution in [0.2, 0.25) is 0 Å². The maximum absolute atomic E-state index is 5.31. The normalized spacial score (nSPS) is 15.8. The number of nitrogens with one attached hydrogen (secondary N) is 2. The standard InChI is InChI=1S/C17H21N3O.HI/c1-18-16(19-12-15-8-5-11-21-15)20-13-17(9-10-17)14-6-3-2-4-7-14;/h2-8,11H,9-10,12-13H2,1H3,(H2,18,19,20);1H. The summed E-state index contributed by atoms with van der Waals surface area (Å²) < 4.78 is 5.31. The van der Waals surface area contributed by atoms with E-state index in [0.717, 1.165) is 18.3 Å². The average Bonchev–Trinajstić information content (AvgIpc) is 3.15. The van der Waals surface area contributed by atoms with Gasteiger partial charge in [-0.1, -0.05) is 30.3 Å². The Labute approximate surface area is 148 Å². The molecule has 0 spiro atoms. The number of guanidine groups is 1. The minimum atomic E-state index is 0. The highest BCUT2D eigenvalue weighted by atomic mass is 127. The second-order valence-corrected chi connectivity index (χ2v) is 5.51. The van der Waals surface area contributed by atoms with E-state index in [9.17, 15) is 0 Å². The molecule has 0 atom stereocenters. The van der Waals surface area contributed by atoms with Gasteiger partial charge in [0, 0.05) is 19.0 Å². The van der Waals surface area contributed by atoms with Crippen molar-refractivity contribution in [2.75, 3.05) is 13.6 Å². The molecule has 1 aromatic heterocycles. The van der Waals surface area contributed by atoms with E-state index in [2.05, 4.69) is 46.0 Å². The van der Waals surface area contributed by atoms with Gasteiger partial charge in [-0.25, -0.2) is 0 Å². The largest absolute Gasteiger partial charge is 0.467 e. The second-order valence-electron chi connectivity index (χ2n) is 5.51. The zero-order valence-electron chi connectivity index (χ0n) is 12.7. The van der Waals surface area contributed by atoms with Gasteiger partial charge in [-0.2, -0.15) is 0 Å². The van der Waals surface area contributed by atoms with Gasteiger partial charge in [0.1, 0.15) is 5.76 Å². The Hall–Kier alpha value is -1.50. The fourth-order valence-electron chi connectivity index (χ4n) is 2.57. The Bertz CT molecular complexity index is 592. The second kappa shape index (κ2) is 7.67. The first-order valence-corrected chi connectivity index (χ1v) is 7.35. The first-order valence-electron chi connectivity index (χ1n) is 7.35. The smallest absolute Gasteiger partial charge is 0.191 e. The van der Waals surface area contributed by atoms with Crippen molar-refractivity contribution in [3.8, 4) is 0 Å². The number of furan rings is 1. The van der Waals surface area contributed by atoms with Crippen molar-refractivity contribution < 1.29 is 4.42 Å². The lowest BCUT2D eigenvalue weighted by molar-refractivity contribution is 0.501. The number of rotatable bonds is 5. The van der Waals surface area contributed by atoms with E-state index in [0.29, 0.717) is 6.54 Å². The van der Waals surface area contributed by atoms with E-state index in [1.54, 1.807) is 13.3 Å². The van der Waals surface area contributed by atoms with E-state index in [1.807, 2.05) is 12.1 Å². The Morgan fingerprint density at radius 2 is 1.91 bits per heavy atom. The molecule has 118 valence electrons. The van der Waals surface area contributed by atoms with Gasteiger partial charge in [0.15, 0.2) is 5.96 Å². The zero-order chi connectivity index (χ0) is 14.5. The molecule has 1 aliphatic rings. The predicted molar refractivity (Wildman–Crippen MR) is 99.7 cm³/mol. The molecule has 0 aliphatic heterocycles. The monoisotopic (exact) mass is 411 g/mol. The van der Waals surface area contributed by atoms with Crippen LogP contribution in [0.15, 0.2) is 58.1 Å². The molecule has 0 amide bonds. The molecule has 22 heavy (non-hydrogen) atoms. The molecule has 0 radical (unpaired) electrons. The summed E-state index contributed by atoms with van der Waals surface area (Å²) >= 11 is 0.